The normalized spacial score (nSPS) is 23.1. The third-order valence-corrected chi connectivity index (χ3v) is 5.24. The first-order valence-electron chi connectivity index (χ1n) is 9.58. The van der Waals surface area contributed by atoms with E-state index >= 15 is 0 Å². The van der Waals surface area contributed by atoms with Gasteiger partial charge in [0, 0.05) is 26.2 Å². The predicted molar refractivity (Wildman–Crippen MR) is 103 cm³/mol. The van der Waals surface area contributed by atoms with E-state index in [0.717, 1.165) is 31.3 Å². The first-order valence-corrected chi connectivity index (χ1v) is 9.58. The molecule has 25 heavy (non-hydrogen) atoms. The molecule has 0 spiro atoms. The number of hydrogen-bond donors (Lipinski definition) is 1. The van der Waals surface area contributed by atoms with Gasteiger partial charge in [-0.25, -0.2) is 0 Å². The molecule has 2 unspecified atom stereocenters. The number of benzene rings is 1. The molecule has 0 saturated carbocycles. The Morgan fingerprint density at radius 2 is 1.96 bits per heavy atom. The largest absolute Gasteiger partial charge is 0.489 e. The highest BCUT2D eigenvalue weighted by atomic mass is 16.5. The van der Waals surface area contributed by atoms with Gasteiger partial charge in [0.25, 0.3) is 0 Å². The Labute approximate surface area is 152 Å². The molecule has 5 nitrogen and oxygen atoms in total. The molecule has 5 heteroatoms. The molecule has 0 aromatic heterocycles. The minimum absolute atomic E-state index is 0.0939. The lowest BCUT2D eigenvalue weighted by atomic mass is 10.2. The topological polar surface area (TPSA) is 40.1 Å². The van der Waals surface area contributed by atoms with Crippen molar-refractivity contribution in [1.29, 1.82) is 0 Å². The molecule has 1 aromatic carbocycles. The number of hydrogen-bond acceptors (Lipinski definition) is 3. The van der Waals surface area contributed by atoms with Crippen LogP contribution < -0.4 is 10.1 Å². The fourth-order valence-electron chi connectivity index (χ4n) is 3.80. The van der Waals surface area contributed by atoms with Crippen LogP contribution in [0.2, 0.25) is 0 Å². The van der Waals surface area contributed by atoms with E-state index in [2.05, 4.69) is 46.1 Å². The summed E-state index contributed by atoms with van der Waals surface area (Å²) in [6, 6.07) is 8.92. The van der Waals surface area contributed by atoms with Gasteiger partial charge in [0.1, 0.15) is 11.9 Å². The van der Waals surface area contributed by atoms with Crippen LogP contribution in [-0.2, 0) is 0 Å². The van der Waals surface area contributed by atoms with Gasteiger partial charge in [-0.3, -0.25) is 9.89 Å². The summed E-state index contributed by atoms with van der Waals surface area (Å²) >= 11 is 0. The highest BCUT2D eigenvalue weighted by molar-refractivity contribution is 5.80. The smallest absolute Gasteiger partial charge is 0.193 e. The molecule has 138 valence electrons. The SMILES string of the molecule is CN=C(NCC(C)Oc1ccc(C)cc1)N1CCC(N2CCCC2)C1. The maximum absolute atomic E-state index is 5.99. The highest BCUT2D eigenvalue weighted by Crippen LogP contribution is 2.20. The minimum Gasteiger partial charge on any atom is -0.489 e. The van der Waals surface area contributed by atoms with Gasteiger partial charge in [-0.15, -0.1) is 0 Å². The van der Waals surface area contributed by atoms with E-state index in [1.807, 2.05) is 19.2 Å². The van der Waals surface area contributed by atoms with Gasteiger partial charge < -0.3 is 15.0 Å². The van der Waals surface area contributed by atoms with E-state index in [1.54, 1.807) is 0 Å². The van der Waals surface area contributed by atoms with Crippen molar-refractivity contribution in [3.05, 3.63) is 29.8 Å². The fourth-order valence-corrected chi connectivity index (χ4v) is 3.80. The molecule has 1 N–H and O–H groups in total. The van der Waals surface area contributed by atoms with E-state index in [0.29, 0.717) is 6.04 Å². The van der Waals surface area contributed by atoms with E-state index in [-0.39, 0.29) is 6.10 Å². The Kier molecular flexibility index (Phi) is 6.19. The zero-order chi connectivity index (χ0) is 17.6. The summed E-state index contributed by atoms with van der Waals surface area (Å²) in [6.45, 7) is 9.66. The molecule has 0 aliphatic carbocycles. The molecule has 2 saturated heterocycles. The molecule has 0 bridgehead atoms. The van der Waals surface area contributed by atoms with Gasteiger partial charge in [-0.05, 0) is 58.3 Å². The molecular formula is C20H32N4O. The van der Waals surface area contributed by atoms with Crippen LogP contribution in [-0.4, -0.2) is 67.7 Å². The highest BCUT2D eigenvalue weighted by Gasteiger charge is 2.30. The average molecular weight is 345 g/mol. The van der Waals surface area contributed by atoms with Gasteiger partial charge in [-0.1, -0.05) is 17.7 Å². The number of rotatable bonds is 5. The minimum atomic E-state index is 0.0939. The zero-order valence-corrected chi connectivity index (χ0v) is 15.9. The van der Waals surface area contributed by atoms with Crippen molar-refractivity contribution in [3.8, 4) is 5.75 Å². The van der Waals surface area contributed by atoms with Crippen LogP contribution in [0.4, 0.5) is 0 Å². The maximum atomic E-state index is 5.99. The van der Waals surface area contributed by atoms with Crippen LogP contribution in [0.15, 0.2) is 29.3 Å². The molecule has 0 radical (unpaired) electrons. The van der Waals surface area contributed by atoms with Crippen LogP contribution in [0, 0.1) is 6.92 Å². The Morgan fingerprint density at radius 3 is 2.64 bits per heavy atom. The number of aryl methyl sites for hydroxylation is 1. The predicted octanol–water partition coefficient (Wildman–Crippen LogP) is 2.51. The molecule has 2 aliphatic heterocycles. The average Bonchev–Trinajstić information content (AvgIpc) is 3.29. The van der Waals surface area contributed by atoms with Crippen molar-refractivity contribution in [2.24, 2.45) is 4.99 Å². The molecule has 2 fully saturated rings. The summed E-state index contributed by atoms with van der Waals surface area (Å²) < 4.78 is 5.99. The number of nitrogens with zero attached hydrogens (tertiary/aromatic N) is 3. The van der Waals surface area contributed by atoms with Gasteiger partial charge in [0.05, 0.1) is 6.54 Å². The van der Waals surface area contributed by atoms with Gasteiger partial charge in [0.2, 0.25) is 0 Å². The second-order valence-corrected chi connectivity index (χ2v) is 7.30. The molecule has 1 aromatic rings. The van der Waals surface area contributed by atoms with Crippen LogP contribution in [0.3, 0.4) is 0 Å². The standard InChI is InChI=1S/C20H32N4O/c1-16-6-8-19(9-7-16)25-17(2)14-22-20(21-3)24-13-10-18(15-24)23-11-4-5-12-23/h6-9,17-18H,4-5,10-15H2,1-3H3,(H,21,22). The van der Waals surface area contributed by atoms with E-state index in [1.165, 1.54) is 37.9 Å². The lowest BCUT2D eigenvalue weighted by molar-refractivity contribution is 0.221. The second kappa shape index (κ2) is 8.56. The van der Waals surface area contributed by atoms with Crippen molar-refractivity contribution < 1.29 is 4.74 Å². The monoisotopic (exact) mass is 344 g/mol. The maximum Gasteiger partial charge on any atom is 0.193 e. The summed E-state index contributed by atoms with van der Waals surface area (Å²) in [5.41, 5.74) is 1.25. The lowest BCUT2D eigenvalue weighted by Crippen LogP contribution is -2.45. The number of aliphatic imine (C=N–C) groups is 1. The van der Waals surface area contributed by atoms with Crippen molar-refractivity contribution in [1.82, 2.24) is 15.1 Å². The summed E-state index contributed by atoms with van der Waals surface area (Å²) in [4.78, 5) is 9.52. The van der Waals surface area contributed by atoms with E-state index in [9.17, 15) is 0 Å². The first kappa shape index (κ1) is 18.1. The summed E-state index contributed by atoms with van der Waals surface area (Å²) in [5.74, 6) is 1.92. The molecule has 3 rings (SSSR count). The van der Waals surface area contributed by atoms with Crippen LogP contribution in [0.1, 0.15) is 31.7 Å². The second-order valence-electron chi connectivity index (χ2n) is 7.30. The van der Waals surface area contributed by atoms with E-state index in [4.69, 9.17) is 4.74 Å². The zero-order valence-electron chi connectivity index (χ0n) is 15.9. The third kappa shape index (κ3) is 4.88. The Hall–Kier alpha value is -1.75. The number of likely N-dealkylation sites (tertiary alicyclic amines) is 2. The van der Waals surface area contributed by atoms with Crippen molar-refractivity contribution in [2.45, 2.75) is 45.3 Å². The fraction of sp³-hybridized carbons (Fsp3) is 0.650. The molecule has 2 heterocycles. The van der Waals surface area contributed by atoms with Gasteiger partial charge in [-0.2, -0.15) is 0 Å². The molecule has 0 amide bonds. The lowest BCUT2D eigenvalue weighted by Gasteiger charge is -2.26. The first-order chi connectivity index (χ1) is 12.2. The van der Waals surface area contributed by atoms with Crippen LogP contribution in [0.5, 0.6) is 5.75 Å². The van der Waals surface area contributed by atoms with Crippen LogP contribution >= 0.6 is 0 Å². The quantitative estimate of drug-likeness (QED) is 0.658. The van der Waals surface area contributed by atoms with Gasteiger partial charge in [0.15, 0.2) is 5.96 Å². The van der Waals surface area contributed by atoms with Crippen molar-refractivity contribution >= 4 is 5.96 Å². The number of nitrogens with one attached hydrogen (secondary N) is 1. The number of ether oxygens (including phenoxy) is 1. The third-order valence-electron chi connectivity index (χ3n) is 5.24. The summed E-state index contributed by atoms with van der Waals surface area (Å²) in [5, 5.41) is 3.49. The molecule has 2 aliphatic rings. The van der Waals surface area contributed by atoms with Crippen molar-refractivity contribution in [2.75, 3.05) is 39.8 Å². The molecular weight excluding hydrogens is 312 g/mol. The Bertz CT molecular complexity index is 566. The van der Waals surface area contributed by atoms with Gasteiger partial charge >= 0.3 is 0 Å². The summed E-state index contributed by atoms with van der Waals surface area (Å²) in [7, 11) is 1.87. The number of guanidine groups is 1. The van der Waals surface area contributed by atoms with E-state index < -0.39 is 0 Å². The Morgan fingerprint density at radius 1 is 1.24 bits per heavy atom. The molecule has 2 atom stereocenters. The Balaban J connectivity index is 1.45. The van der Waals surface area contributed by atoms with Crippen LogP contribution in [0.25, 0.3) is 0 Å². The summed E-state index contributed by atoms with van der Waals surface area (Å²) in [6.07, 6.45) is 4.06. The van der Waals surface area contributed by atoms with Crippen molar-refractivity contribution in [3.63, 3.8) is 0 Å².